The first-order valence-electron chi connectivity index (χ1n) is 21.4. The van der Waals surface area contributed by atoms with Crippen LogP contribution in [-0.4, -0.2) is 0 Å². The van der Waals surface area contributed by atoms with Crippen LogP contribution in [0.1, 0.15) is 122 Å². The Morgan fingerprint density at radius 1 is 0.492 bits per heavy atom. The van der Waals surface area contributed by atoms with Crippen molar-refractivity contribution in [3.63, 3.8) is 0 Å². The molecule has 8 aromatic rings. The summed E-state index contributed by atoms with van der Waals surface area (Å²) < 4.78 is 0. The number of aryl methyl sites for hydroxylation is 2. The molecule has 0 saturated carbocycles. The van der Waals surface area contributed by atoms with E-state index in [2.05, 4.69) is 175 Å². The van der Waals surface area contributed by atoms with Gasteiger partial charge >= 0.3 is 0 Å². The first-order valence-corrected chi connectivity index (χ1v) is 21.4. The fourth-order valence-corrected chi connectivity index (χ4v) is 9.31. The zero-order chi connectivity index (χ0) is 41.4. The Labute approximate surface area is 350 Å². The molecule has 292 valence electrons. The summed E-state index contributed by atoms with van der Waals surface area (Å²) in [5.74, 6) is 1.29. The average Bonchev–Trinajstić information content (AvgIpc) is 3.27. The molecule has 0 bridgehead atoms. The second kappa shape index (κ2) is 16.4. The van der Waals surface area contributed by atoms with Gasteiger partial charge in [0.15, 0.2) is 0 Å². The van der Waals surface area contributed by atoms with Gasteiger partial charge < -0.3 is 4.90 Å². The van der Waals surface area contributed by atoms with Gasteiger partial charge in [-0.1, -0.05) is 127 Å². The smallest absolute Gasteiger partial charge is 0.0991 e. The third-order valence-electron chi connectivity index (χ3n) is 12.8. The van der Waals surface area contributed by atoms with Crippen molar-refractivity contribution in [2.45, 2.75) is 91.4 Å². The number of hydrogen-bond acceptors (Lipinski definition) is 3. The Morgan fingerprint density at radius 3 is 1.46 bits per heavy atom. The van der Waals surface area contributed by atoms with Gasteiger partial charge in [-0.15, -0.1) is 0 Å². The topological polar surface area (TPSA) is 50.8 Å². The molecule has 0 aliphatic carbocycles. The lowest BCUT2D eigenvalue weighted by Gasteiger charge is -2.30. The standard InChI is InChI=1S/C56H53N3/c1-8-41-31-53(37(7)52(45-18-12-39(33-57)13-19-45)30-38-10-16-43(17-11-38)35(3)4)50-28-26-49-42(9-2)32-54(51-29-27-48(41)55(50)56(49)51)59(46-22-14-40(34-58)15-23-46)47-24-20-44(21-25-47)36(5)6/h10-29,31-32,35-37,52H,8-9,30H2,1-7H3. The lowest BCUT2D eigenvalue weighted by Crippen LogP contribution is -2.13. The minimum Gasteiger partial charge on any atom is -0.310 e. The van der Waals surface area contributed by atoms with E-state index in [0.717, 1.165) is 36.3 Å². The molecule has 2 atom stereocenters. The number of nitrogens with zero attached hydrogens (tertiary/aromatic N) is 3. The molecule has 8 aromatic carbocycles. The highest BCUT2D eigenvalue weighted by Gasteiger charge is 2.27. The molecular formula is C56H53N3. The van der Waals surface area contributed by atoms with Gasteiger partial charge in [-0.2, -0.15) is 10.5 Å². The van der Waals surface area contributed by atoms with Gasteiger partial charge in [0, 0.05) is 16.8 Å². The molecule has 0 fully saturated rings. The molecule has 0 heterocycles. The largest absolute Gasteiger partial charge is 0.310 e. The average molecular weight is 768 g/mol. The molecule has 3 heteroatoms. The van der Waals surface area contributed by atoms with Crippen LogP contribution in [0.15, 0.2) is 133 Å². The van der Waals surface area contributed by atoms with Gasteiger partial charge in [0.05, 0.1) is 29.0 Å². The van der Waals surface area contributed by atoms with Crippen molar-refractivity contribution in [2.75, 3.05) is 4.90 Å². The minimum atomic E-state index is 0.183. The summed E-state index contributed by atoms with van der Waals surface area (Å²) in [6, 6.07) is 53.5. The fourth-order valence-electron chi connectivity index (χ4n) is 9.31. The van der Waals surface area contributed by atoms with Gasteiger partial charge in [-0.05, 0) is 163 Å². The molecule has 0 aliphatic rings. The Morgan fingerprint density at radius 2 is 0.932 bits per heavy atom. The van der Waals surface area contributed by atoms with Gasteiger partial charge in [0.2, 0.25) is 0 Å². The molecular weight excluding hydrogens is 715 g/mol. The number of benzene rings is 8. The normalized spacial score (nSPS) is 12.7. The highest BCUT2D eigenvalue weighted by molar-refractivity contribution is 6.27. The van der Waals surface area contributed by atoms with E-state index in [9.17, 15) is 10.5 Å². The van der Waals surface area contributed by atoms with Crippen LogP contribution in [0.2, 0.25) is 0 Å². The third-order valence-corrected chi connectivity index (χ3v) is 12.8. The lowest BCUT2D eigenvalue weighted by atomic mass is 9.75. The SMILES string of the molecule is CCc1cc(C(C)C(Cc2ccc(C(C)C)cc2)c2ccc(C#N)cc2)c2ccc3c(CC)cc(N(c4ccc(C#N)cc4)c4ccc(C(C)C)cc4)c4ccc1c2c34. The molecule has 0 spiro atoms. The molecule has 2 unspecified atom stereocenters. The zero-order valence-corrected chi connectivity index (χ0v) is 35.5. The Hall–Kier alpha value is -6.42. The summed E-state index contributed by atoms with van der Waals surface area (Å²) in [6.07, 6.45) is 2.72. The number of hydrogen-bond donors (Lipinski definition) is 0. The summed E-state index contributed by atoms with van der Waals surface area (Å²) in [7, 11) is 0. The predicted octanol–water partition coefficient (Wildman–Crippen LogP) is 15.3. The van der Waals surface area contributed by atoms with Crippen LogP contribution < -0.4 is 4.90 Å². The van der Waals surface area contributed by atoms with Crippen molar-refractivity contribution in [1.29, 1.82) is 10.5 Å². The molecule has 8 rings (SSSR count). The van der Waals surface area contributed by atoms with Crippen LogP contribution in [0, 0.1) is 22.7 Å². The first-order chi connectivity index (χ1) is 28.6. The number of nitriles is 2. The second-order valence-corrected chi connectivity index (χ2v) is 16.9. The van der Waals surface area contributed by atoms with E-state index in [1.807, 2.05) is 24.3 Å². The van der Waals surface area contributed by atoms with Gasteiger partial charge in [0.25, 0.3) is 0 Å². The van der Waals surface area contributed by atoms with Gasteiger partial charge in [-0.3, -0.25) is 0 Å². The molecule has 0 aromatic heterocycles. The Balaban J connectivity index is 1.36. The molecule has 3 nitrogen and oxygen atoms in total. The van der Waals surface area contributed by atoms with Crippen LogP contribution in [0.3, 0.4) is 0 Å². The molecule has 59 heavy (non-hydrogen) atoms. The molecule has 0 aliphatic heterocycles. The third kappa shape index (κ3) is 7.32. The maximum absolute atomic E-state index is 9.70. The maximum atomic E-state index is 9.70. The van der Waals surface area contributed by atoms with Crippen LogP contribution in [0.5, 0.6) is 0 Å². The van der Waals surface area contributed by atoms with E-state index in [0.29, 0.717) is 23.0 Å². The molecule has 0 amide bonds. The monoisotopic (exact) mass is 767 g/mol. The summed E-state index contributed by atoms with van der Waals surface area (Å²) in [4.78, 5) is 2.38. The van der Waals surface area contributed by atoms with Crippen molar-refractivity contribution in [3.05, 3.63) is 184 Å². The highest BCUT2D eigenvalue weighted by Crippen LogP contribution is 2.49. The van der Waals surface area contributed by atoms with Gasteiger partial charge in [-0.25, -0.2) is 0 Å². The first kappa shape index (κ1) is 39.4. The maximum Gasteiger partial charge on any atom is 0.0991 e. The van der Waals surface area contributed by atoms with Crippen LogP contribution in [0.4, 0.5) is 17.1 Å². The fraction of sp³-hybridized carbons (Fsp3) is 0.250. The molecule has 0 radical (unpaired) electrons. The van der Waals surface area contributed by atoms with E-state index in [1.165, 1.54) is 71.3 Å². The highest BCUT2D eigenvalue weighted by atomic mass is 15.1. The quantitative estimate of drug-likeness (QED) is 0.116. The van der Waals surface area contributed by atoms with E-state index < -0.39 is 0 Å². The van der Waals surface area contributed by atoms with E-state index in [4.69, 9.17) is 0 Å². The second-order valence-electron chi connectivity index (χ2n) is 16.9. The van der Waals surface area contributed by atoms with Crippen molar-refractivity contribution >= 4 is 49.4 Å². The summed E-state index contributed by atoms with van der Waals surface area (Å²) in [5, 5.41) is 27.2. The molecule has 0 N–H and O–H groups in total. The van der Waals surface area contributed by atoms with Crippen molar-refractivity contribution in [2.24, 2.45) is 0 Å². The summed E-state index contributed by atoms with van der Waals surface area (Å²) >= 11 is 0. The Bertz CT molecular complexity index is 2830. The number of rotatable bonds is 12. The zero-order valence-electron chi connectivity index (χ0n) is 35.5. The van der Waals surface area contributed by atoms with Crippen molar-refractivity contribution in [3.8, 4) is 12.1 Å². The van der Waals surface area contributed by atoms with E-state index in [1.54, 1.807) is 0 Å². The number of anilines is 3. The molecule has 0 saturated heterocycles. The Kier molecular flexibility index (Phi) is 11.0. The van der Waals surface area contributed by atoms with Crippen LogP contribution in [0.25, 0.3) is 32.3 Å². The van der Waals surface area contributed by atoms with Crippen LogP contribution >= 0.6 is 0 Å². The van der Waals surface area contributed by atoms with E-state index >= 15 is 0 Å². The summed E-state index contributed by atoms with van der Waals surface area (Å²) in [6.45, 7) is 15.9. The predicted molar refractivity (Wildman–Crippen MR) is 249 cm³/mol. The van der Waals surface area contributed by atoms with Gasteiger partial charge in [0.1, 0.15) is 0 Å². The lowest BCUT2D eigenvalue weighted by molar-refractivity contribution is 0.575. The minimum absolute atomic E-state index is 0.183. The van der Waals surface area contributed by atoms with Crippen molar-refractivity contribution in [1.82, 2.24) is 0 Å². The van der Waals surface area contributed by atoms with Crippen molar-refractivity contribution < 1.29 is 0 Å². The van der Waals surface area contributed by atoms with E-state index in [-0.39, 0.29) is 11.8 Å². The summed E-state index contributed by atoms with van der Waals surface area (Å²) in [5.41, 5.74) is 13.9. The van der Waals surface area contributed by atoms with Crippen LogP contribution in [-0.2, 0) is 19.3 Å².